The van der Waals surface area contributed by atoms with E-state index in [-0.39, 0.29) is 5.69 Å². The fourth-order valence-corrected chi connectivity index (χ4v) is 3.48. The van der Waals surface area contributed by atoms with Gasteiger partial charge in [0.1, 0.15) is 0 Å². The summed E-state index contributed by atoms with van der Waals surface area (Å²) in [6, 6.07) is 3.91. The second-order valence-corrected chi connectivity index (χ2v) is 5.70. The zero-order valence-electron chi connectivity index (χ0n) is 9.74. The third kappa shape index (κ3) is 2.35. The molecule has 0 saturated heterocycles. The van der Waals surface area contributed by atoms with Gasteiger partial charge in [0, 0.05) is 20.7 Å². The highest BCUT2D eigenvalue weighted by Gasteiger charge is 2.16. The molecule has 0 aliphatic rings. The first-order valence-corrected chi connectivity index (χ1v) is 6.74. The molecule has 0 unspecified atom stereocenters. The summed E-state index contributed by atoms with van der Waals surface area (Å²) in [6.45, 7) is 3.71. The Morgan fingerprint density at radius 3 is 2.28 bits per heavy atom. The summed E-state index contributed by atoms with van der Waals surface area (Å²) in [7, 11) is 0. The number of carboxylic acid groups (broad SMARTS) is 1. The fraction of sp³-hybridized carbons (Fsp3) is 0.167. The normalized spacial score (nSPS) is 10.7. The Balaban J connectivity index is 2.63. The van der Waals surface area contributed by atoms with Gasteiger partial charge in [0.25, 0.3) is 0 Å². The highest BCUT2D eigenvalue weighted by atomic mass is 79.9. The lowest BCUT2D eigenvalue weighted by atomic mass is 10.2. The van der Waals surface area contributed by atoms with Gasteiger partial charge >= 0.3 is 5.97 Å². The van der Waals surface area contributed by atoms with E-state index in [0.717, 1.165) is 20.2 Å². The van der Waals surface area contributed by atoms with Crippen molar-refractivity contribution in [2.24, 2.45) is 0 Å². The Labute approximate surface area is 121 Å². The van der Waals surface area contributed by atoms with Crippen molar-refractivity contribution in [1.29, 1.82) is 0 Å². The number of hydrogen-bond donors (Lipinski definition) is 1. The number of nitrogens with zero attached hydrogens (tertiary/aromatic N) is 2. The zero-order valence-corrected chi connectivity index (χ0v) is 12.9. The van der Waals surface area contributed by atoms with Crippen LogP contribution in [0.15, 0.2) is 27.3 Å². The van der Waals surface area contributed by atoms with Gasteiger partial charge in [-0.05, 0) is 63.4 Å². The molecule has 94 valence electrons. The van der Waals surface area contributed by atoms with Gasteiger partial charge in [-0.2, -0.15) is 5.10 Å². The number of halogens is 2. The van der Waals surface area contributed by atoms with Crippen molar-refractivity contribution in [3.05, 3.63) is 44.1 Å². The van der Waals surface area contributed by atoms with Crippen LogP contribution in [0.1, 0.15) is 21.6 Å². The number of aromatic carboxylic acids is 1. The van der Waals surface area contributed by atoms with Crippen LogP contribution in [0.5, 0.6) is 0 Å². The molecule has 18 heavy (non-hydrogen) atoms. The molecule has 0 bridgehead atoms. The average Bonchev–Trinajstić information content (AvgIpc) is 2.58. The van der Waals surface area contributed by atoms with E-state index in [4.69, 9.17) is 5.11 Å². The van der Waals surface area contributed by atoms with Gasteiger partial charge in [0.05, 0.1) is 5.69 Å². The lowest BCUT2D eigenvalue weighted by Gasteiger charge is -2.08. The quantitative estimate of drug-likeness (QED) is 0.872. The van der Waals surface area contributed by atoms with Crippen LogP contribution in [0.4, 0.5) is 0 Å². The van der Waals surface area contributed by atoms with E-state index in [1.807, 2.05) is 19.1 Å². The summed E-state index contributed by atoms with van der Waals surface area (Å²) in [5, 5.41) is 13.1. The van der Waals surface area contributed by atoms with Gasteiger partial charge in [-0.1, -0.05) is 0 Å². The molecular formula is C12H10Br2N2O2. The van der Waals surface area contributed by atoms with E-state index in [9.17, 15) is 4.79 Å². The Morgan fingerprint density at radius 2 is 1.83 bits per heavy atom. The minimum absolute atomic E-state index is 0.0642. The molecule has 0 aliphatic heterocycles. The number of aromatic nitrogens is 2. The second kappa shape index (κ2) is 4.85. The molecule has 1 heterocycles. The summed E-state index contributed by atoms with van der Waals surface area (Å²) in [6.07, 6.45) is 1.70. The van der Waals surface area contributed by atoms with Gasteiger partial charge in [0.2, 0.25) is 0 Å². The highest BCUT2D eigenvalue weighted by Crippen LogP contribution is 2.30. The third-order valence-electron chi connectivity index (χ3n) is 2.49. The smallest absolute Gasteiger partial charge is 0.356 e. The minimum atomic E-state index is -1.02. The molecule has 6 heteroatoms. The van der Waals surface area contributed by atoms with Crippen LogP contribution in [0.3, 0.4) is 0 Å². The summed E-state index contributed by atoms with van der Waals surface area (Å²) in [5.41, 5.74) is 2.58. The Morgan fingerprint density at radius 1 is 1.28 bits per heavy atom. The maximum Gasteiger partial charge on any atom is 0.356 e. The Kier molecular flexibility index (Phi) is 3.59. The minimum Gasteiger partial charge on any atom is -0.476 e. The van der Waals surface area contributed by atoms with Crippen LogP contribution in [0.2, 0.25) is 0 Å². The molecule has 1 aromatic carbocycles. The van der Waals surface area contributed by atoms with Gasteiger partial charge in [0.15, 0.2) is 5.69 Å². The molecule has 0 radical (unpaired) electrons. The molecule has 1 aromatic heterocycles. The first-order chi connectivity index (χ1) is 8.40. The van der Waals surface area contributed by atoms with Crippen LogP contribution >= 0.6 is 31.9 Å². The van der Waals surface area contributed by atoms with Gasteiger partial charge < -0.3 is 5.11 Å². The van der Waals surface area contributed by atoms with Gasteiger partial charge in [-0.25, -0.2) is 9.48 Å². The molecule has 2 aromatic rings. The van der Waals surface area contributed by atoms with Crippen LogP contribution in [0.25, 0.3) is 5.69 Å². The zero-order chi connectivity index (χ0) is 13.4. The number of carboxylic acids is 1. The predicted octanol–water partition coefficient (Wildman–Crippen LogP) is 3.71. The standard InChI is InChI=1S/C12H10Br2N2O2/c1-6-3-8(13)11(9(14)4-6)16-5-7(2)10(15-16)12(17)18/h3-5H,1-2H3,(H,17,18). The summed E-state index contributed by atoms with van der Waals surface area (Å²) in [5.74, 6) is -1.02. The molecule has 2 rings (SSSR count). The van der Waals surface area contributed by atoms with E-state index < -0.39 is 5.97 Å². The summed E-state index contributed by atoms with van der Waals surface area (Å²) >= 11 is 6.93. The van der Waals surface area contributed by atoms with Crippen molar-refractivity contribution in [3.8, 4) is 5.69 Å². The third-order valence-corrected chi connectivity index (χ3v) is 3.70. The summed E-state index contributed by atoms with van der Waals surface area (Å²) in [4.78, 5) is 11.0. The van der Waals surface area contributed by atoms with Crippen molar-refractivity contribution >= 4 is 37.8 Å². The van der Waals surface area contributed by atoms with Crippen LogP contribution in [-0.2, 0) is 0 Å². The maximum absolute atomic E-state index is 11.0. The molecule has 1 N–H and O–H groups in total. The van der Waals surface area contributed by atoms with E-state index in [2.05, 4.69) is 37.0 Å². The van der Waals surface area contributed by atoms with Crippen LogP contribution in [-0.4, -0.2) is 20.9 Å². The van der Waals surface area contributed by atoms with Crippen LogP contribution < -0.4 is 0 Å². The van der Waals surface area contributed by atoms with Crippen molar-refractivity contribution in [3.63, 3.8) is 0 Å². The van der Waals surface area contributed by atoms with E-state index in [1.54, 1.807) is 17.8 Å². The lowest BCUT2D eigenvalue weighted by Crippen LogP contribution is -2.03. The highest BCUT2D eigenvalue weighted by molar-refractivity contribution is 9.11. The second-order valence-electron chi connectivity index (χ2n) is 3.99. The SMILES string of the molecule is Cc1cc(Br)c(-n2cc(C)c(C(=O)O)n2)c(Br)c1. The first kappa shape index (κ1) is 13.3. The first-order valence-electron chi connectivity index (χ1n) is 5.15. The van der Waals surface area contributed by atoms with E-state index >= 15 is 0 Å². The lowest BCUT2D eigenvalue weighted by molar-refractivity contribution is 0.0689. The van der Waals surface area contributed by atoms with Gasteiger partial charge in [-0.15, -0.1) is 0 Å². The van der Waals surface area contributed by atoms with Crippen molar-refractivity contribution in [2.45, 2.75) is 13.8 Å². The number of hydrogen-bond acceptors (Lipinski definition) is 2. The van der Waals surface area contributed by atoms with E-state index in [1.165, 1.54) is 0 Å². The predicted molar refractivity (Wildman–Crippen MR) is 75.4 cm³/mol. The monoisotopic (exact) mass is 372 g/mol. The number of benzene rings is 1. The molecule has 0 spiro atoms. The fourth-order valence-electron chi connectivity index (χ4n) is 1.70. The van der Waals surface area contributed by atoms with Crippen molar-refractivity contribution < 1.29 is 9.90 Å². The van der Waals surface area contributed by atoms with Crippen molar-refractivity contribution in [1.82, 2.24) is 9.78 Å². The Bertz CT molecular complexity index is 612. The number of rotatable bonds is 2. The van der Waals surface area contributed by atoms with Crippen molar-refractivity contribution in [2.75, 3.05) is 0 Å². The molecule has 0 saturated carbocycles. The molecule has 0 amide bonds. The van der Waals surface area contributed by atoms with E-state index in [0.29, 0.717) is 5.56 Å². The molecule has 0 aliphatic carbocycles. The average molecular weight is 374 g/mol. The number of aryl methyl sites for hydroxylation is 2. The van der Waals surface area contributed by atoms with Crippen LogP contribution in [0, 0.1) is 13.8 Å². The molecular weight excluding hydrogens is 364 g/mol. The molecule has 4 nitrogen and oxygen atoms in total. The molecule has 0 atom stereocenters. The topological polar surface area (TPSA) is 55.1 Å². The molecule has 0 fully saturated rings. The maximum atomic E-state index is 11.0. The summed E-state index contributed by atoms with van der Waals surface area (Å²) < 4.78 is 3.27. The number of carbonyl (C=O) groups is 1. The van der Waals surface area contributed by atoms with Gasteiger partial charge in [-0.3, -0.25) is 0 Å². The largest absolute Gasteiger partial charge is 0.476 e. The Hall–Kier alpha value is -1.14.